The van der Waals surface area contributed by atoms with Crippen molar-refractivity contribution in [1.29, 1.82) is 0 Å². The topological polar surface area (TPSA) is 58.6 Å². The van der Waals surface area contributed by atoms with E-state index in [0.717, 1.165) is 19.8 Å². The summed E-state index contributed by atoms with van der Waals surface area (Å²) < 4.78 is 5.04. The van der Waals surface area contributed by atoms with Crippen LogP contribution in [0.3, 0.4) is 0 Å². The first kappa shape index (κ1) is 9.98. The zero-order valence-electron chi connectivity index (χ0n) is 8.27. The number of para-hydroxylation sites is 1. The number of aromatic carboxylic acids is 1. The Morgan fingerprint density at radius 2 is 2.20 bits per heavy atom. The molecule has 4 heteroatoms. The normalized spacial score (nSPS) is 15.7. The van der Waals surface area contributed by atoms with Gasteiger partial charge in [0.1, 0.15) is 0 Å². The molecule has 1 heterocycles. The van der Waals surface area contributed by atoms with Gasteiger partial charge in [0.2, 0.25) is 0 Å². The minimum atomic E-state index is -0.900. The highest BCUT2D eigenvalue weighted by Gasteiger charge is 2.18. The van der Waals surface area contributed by atoms with Gasteiger partial charge in [-0.15, -0.1) is 0 Å². The van der Waals surface area contributed by atoms with Crippen LogP contribution in [0, 0.1) is 5.92 Å². The lowest BCUT2D eigenvalue weighted by atomic mass is 10.1. The van der Waals surface area contributed by atoms with Crippen LogP contribution in [0.25, 0.3) is 0 Å². The van der Waals surface area contributed by atoms with Crippen molar-refractivity contribution in [3.63, 3.8) is 0 Å². The molecule has 0 aliphatic carbocycles. The fourth-order valence-electron chi connectivity index (χ4n) is 1.48. The van der Waals surface area contributed by atoms with E-state index >= 15 is 0 Å². The largest absolute Gasteiger partial charge is 0.478 e. The number of hydrogen-bond donors (Lipinski definition) is 2. The van der Waals surface area contributed by atoms with E-state index in [9.17, 15) is 4.79 Å². The number of carboxylic acids is 1. The lowest BCUT2D eigenvalue weighted by molar-refractivity contribution is -0.0248. The molecule has 2 N–H and O–H groups in total. The first-order valence-electron chi connectivity index (χ1n) is 4.91. The van der Waals surface area contributed by atoms with Crippen molar-refractivity contribution in [2.45, 2.75) is 0 Å². The molecule has 2 rings (SSSR count). The quantitative estimate of drug-likeness (QED) is 0.784. The molecule has 15 heavy (non-hydrogen) atoms. The van der Waals surface area contributed by atoms with Crippen molar-refractivity contribution >= 4 is 11.7 Å². The molecule has 1 aliphatic rings. The van der Waals surface area contributed by atoms with E-state index in [0.29, 0.717) is 17.2 Å². The number of rotatable bonds is 4. The van der Waals surface area contributed by atoms with Gasteiger partial charge in [-0.05, 0) is 12.1 Å². The van der Waals surface area contributed by atoms with Crippen LogP contribution in [0.4, 0.5) is 5.69 Å². The zero-order chi connectivity index (χ0) is 10.7. The SMILES string of the molecule is O=C(O)c1ccccc1NCC1COC1. The summed E-state index contributed by atoms with van der Waals surface area (Å²) in [4.78, 5) is 10.9. The van der Waals surface area contributed by atoms with Crippen molar-refractivity contribution in [3.05, 3.63) is 29.8 Å². The molecule has 0 atom stereocenters. The lowest BCUT2D eigenvalue weighted by Crippen LogP contribution is -2.33. The average Bonchev–Trinajstić information content (AvgIpc) is 2.16. The number of nitrogens with one attached hydrogen (secondary N) is 1. The predicted octanol–water partition coefficient (Wildman–Crippen LogP) is 1.44. The third-order valence-corrected chi connectivity index (χ3v) is 2.45. The van der Waals surface area contributed by atoms with Gasteiger partial charge in [-0.25, -0.2) is 4.79 Å². The van der Waals surface area contributed by atoms with Crippen molar-refractivity contribution in [3.8, 4) is 0 Å². The summed E-state index contributed by atoms with van der Waals surface area (Å²) in [6.07, 6.45) is 0. The number of carboxylic acid groups (broad SMARTS) is 1. The van der Waals surface area contributed by atoms with E-state index in [1.165, 1.54) is 0 Å². The highest BCUT2D eigenvalue weighted by Crippen LogP contribution is 2.17. The van der Waals surface area contributed by atoms with Crippen LogP contribution in [0.15, 0.2) is 24.3 Å². The van der Waals surface area contributed by atoms with Gasteiger partial charge in [0, 0.05) is 18.2 Å². The Labute approximate surface area is 87.9 Å². The van der Waals surface area contributed by atoms with Gasteiger partial charge in [-0.1, -0.05) is 12.1 Å². The number of anilines is 1. The van der Waals surface area contributed by atoms with Crippen LogP contribution in [-0.4, -0.2) is 30.8 Å². The molecule has 80 valence electrons. The second-order valence-electron chi connectivity index (χ2n) is 3.64. The van der Waals surface area contributed by atoms with Crippen molar-refractivity contribution < 1.29 is 14.6 Å². The zero-order valence-corrected chi connectivity index (χ0v) is 8.27. The third kappa shape index (κ3) is 2.27. The highest BCUT2D eigenvalue weighted by molar-refractivity contribution is 5.94. The summed E-state index contributed by atoms with van der Waals surface area (Å²) in [7, 11) is 0. The van der Waals surface area contributed by atoms with Gasteiger partial charge < -0.3 is 15.2 Å². The minimum Gasteiger partial charge on any atom is -0.478 e. The molecule has 1 fully saturated rings. The van der Waals surface area contributed by atoms with Gasteiger partial charge in [0.25, 0.3) is 0 Å². The van der Waals surface area contributed by atoms with E-state index in [1.54, 1.807) is 18.2 Å². The lowest BCUT2D eigenvalue weighted by Gasteiger charge is -2.26. The molecule has 0 saturated carbocycles. The van der Waals surface area contributed by atoms with Gasteiger partial charge in [0.05, 0.1) is 18.8 Å². The summed E-state index contributed by atoms with van der Waals surface area (Å²) in [5.41, 5.74) is 0.995. The molecular formula is C11H13NO3. The standard InChI is InChI=1S/C11H13NO3/c13-11(14)9-3-1-2-4-10(9)12-5-8-6-15-7-8/h1-4,8,12H,5-7H2,(H,13,14). The van der Waals surface area contributed by atoms with Crippen LogP contribution in [0.2, 0.25) is 0 Å². The predicted molar refractivity (Wildman–Crippen MR) is 56.2 cm³/mol. The molecular weight excluding hydrogens is 194 g/mol. The molecule has 4 nitrogen and oxygen atoms in total. The molecule has 1 aromatic rings. The highest BCUT2D eigenvalue weighted by atomic mass is 16.5. The van der Waals surface area contributed by atoms with Crippen molar-refractivity contribution in [2.75, 3.05) is 25.1 Å². The fourth-order valence-corrected chi connectivity index (χ4v) is 1.48. The van der Waals surface area contributed by atoms with E-state index in [1.807, 2.05) is 6.07 Å². The van der Waals surface area contributed by atoms with Crippen molar-refractivity contribution in [1.82, 2.24) is 0 Å². The maximum Gasteiger partial charge on any atom is 0.337 e. The average molecular weight is 207 g/mol. The molecule has 1 aromatic carbocycles. The molecule has 0 amide bonds. The Balaban J connectivity index is 2.02. The number of carbonyl (C=O) groups is 1. The Bertz CT molecular complexity index is 361. The third-order valence-electron chi connectivity index (χ3n) is 2.45. The van der Waals surface area contributed by atoms with Crippen LogP contribution >= 0.6 is 0 Å². The summed E-state index contributed by atoms with van der Waals surface area (Å²) in [5, 5.41) is 12.1. The summed E-state index contributed by atoms with van der Waals surface area (Å²) in [6.45, 7) is 2.30. The summed E-state index contributed by atoms with van der Waals surface area (Å²) in [5.74, 6) is -0.394. The van der Waals surface area contributed by atoms with Crippen LogP contribution in [0.1, 0.15) is 10.4 Å². The van der Waals surface area contributed by atoms with Gasteiger partial charge in [0.15, 0.2) is 0 Å². The second-order valence-corrected chi connectivity index (χ2v) is 3.64. The molecule has 0 bridgehead atoms. The van der Waals surface area contributed by atoms with Gasteiger partial charge >= 0.3 is 5.97 Å². The van der Waals surface area contributed by atoms with Gasteiger partial charge in [-0.2, -0.15) is 0 Å². The first-order valence-corrected chi connectivity index (χ1v) is 4.91. The van der Waals surface area contributed by atoms with Crippen molar-refractivity contribution in [2.24, 2.45) is 5.92 Å². The Morgan fingerprint density at radius 3 is 2.80 bits per heavy atom. The van der Waals surface area contributed by atoms with Gasteiger partial charge in [-0.3, -0.25) is 0 Å². The molecule has 0 aromatic heterocycles. The number of ether oxygens (including phenoxy) is 1. The number of benzene rings is 1. The molecule has 0 spiro atoms. The minimum absolute atomic E-state index is 0.317. The smallest absolute Gasteiger partial charge is 0.337 e. The number of hydrogen-bond acceptors (Lipinski definition) is 3. The molecule has 1 saturated heterocycles. The van der Waals surface area contributed by atoms with Crippen LogP contribution < -0.4 is 5.32 Å². The van der Waals surface area contributed by atoms with Crippen LogP contribution in [-0.2, 0) is 4.74 Å². The maximum atomic E-state index is 10.9. The molecule has 1 aliphatic heterocycles. The Morgan fingerprint density at radius 1 is 1.47 bits per heavy atom. The maximum absolute atomic E-state index is 10.9. The summed E-state index contributed by atoms with van der Waals surface area (Å²) >= 11 is 0. The van der Waals surface area contributed by atoms with E-state index < -0.39 is 5.97 Å². The molecule has 0 unspecified atom stereocenters. The fraction of sp³-hybridized carbons (Fsp3) is 0.364. The second kappa shape index (κ2) is 4.31. The summed E-state index contributed by atoms with van der Waals surface area (Å²) in [6, 6.07) is 6.93. The first-order chi connectivity index (χ1) is 7.27. The van der Waals surface area contributed by atoms with Crippen LogP contribution in [0.5, 0.6) is 0 Å². The Kier molecular flexibility index (Phi) is 2.87. The van der Waals surface area contributed by atoms with E-state index in [4.69, 9.17) is 9.84 Å². The monoisotopic (exact) mass is 207 g/mol. The Hall–Kier alpha value is -1.55. The molecule has 0 radical (unpaired) electrons. The van der Waals surface area contributed by atoms with E-state index in [2.05, 4.69) is 5.32 Å². The van der Waals surface area contributed by atoms with E-state index in [-0.39, 0.29) is 0 Å².